The van der Waals surface area contributed by atoms with Gasteiger partial charge in [-0.15, -0.1) is 0 Å². The maximum absolute atomic E-state index is 13.9. The Balaban J connectivity index is 1.71. The first-order valence-corrected chi connectivity index (χ1v) is 11.2. The zero-order valence-electron chi connectivity index (χ0n) is 19.3. The normalized spacial score (nSPS) is 15.3. The van der Waals surface area contributed by atoms with Crippen LogP contribution in [0.5, 0.6) is 0 Å². The molecule has 1 aliphatic carbocycles. The number of ether oxygens (including phenoxy) is 1. The van der Waals surface area contributed by atoms with Crippen molar-refractivity contribution in [1.29, 1.82) is 0 Å². The zero-order chi connectivity index (χ0) is 25.8. The number of fused-ring (bicyclic) bond motifs is 3. The third kappa shape index (κ3) is 5.58. The molecule has 188 valence electrons. The Morgan fingerprint density at radius 2 is 1.57 bits per heavy atom. The second-order valence-corrected chi connectivity index (χ2v) is 8.58. The molecular weight excluding hydrogens is 465 g/mol. The number of alkyl carbamates (subject to hydrolysis) is 1. The largest absolute Gasteiger partial charge is 0.481 e. The van der Waals surface area contributed by atoms with Crippen molar-refractivity contribution in [3.8, 4) is 11.1 Å². The number of carboxylic acids is 1. The van der Waals surface area contributed by atoms with Crippen molar-refractivity contribution in [1.82, 2.24) is 10.6 Å². The summed E-state index contributed by atoms with van der Waals surface area (Å²) in [5.41, 5.74) is 0.433. The molecule has 2 aromatic rings. The summed E-state index contributed by atoms with van der Waals surface area (Å²) in [6, 6.07) is 14.2. The summed E-state index contributed by atoms with van der Waals surface area (Å²) < 4.78 is 46.9. The van der Waals surface area contributed by atoms with E-state index < -0.39 is 35.7 Å². The van der Waals surface area contributed by atoms with Crippen LogP contribution in [-0.2, 0) is 14.3 Å². The molecule has 3 N–H and O–H groups in total. The lowest BCUT2D eigenvalue weighted by molar-refractivity contribution is -0.194. The fourth-order valence-corrected chi connectivity index (χ4v) is 4.10. The fraction of sp³-hybridized carbons (Fsp3) is 0.400. The molecular formula is C25H27F3N2O5. The van der Waals surface area contributed by atoms with Crippen LogP contribution in [0, 0.1) is 0 Å². The van der Waals surface area contributed by atoms with E-state index in [1.54, 1.807) is 12.2 Å². The predicted molar refractivity (Wildman–Crippen MR) is 122 cm³/mol. The van der Waals surface area contributed by atoms with E-state index in [-0.39, 0.29) is 31.8 Å². The molecule has 0 radical (unpaired) electrons. The summed E-state index contributed by atoms with van der Waals surface area (Å²) in [6.07, 6.45) is -6.66. The molecule has 2 unspecified atom stereocenters. The number of amides is 2. The fourth-order valence-electron chi connectivity index (χ4n) is 4.10. The molecule has 3 rings (SSSR count). The zero-order valence-corrected chi connectivity index (χ0v) is 19.3. The Bertz CT molecular complexity index is 1060. The molecule has 1 aliphatic rings. The highest BCUT2D eigenvalue weighted by atomic mass is 19.4. The van der Waals surface area contributed by atoms with Crippen molar-refractivity contribution in [2.24, 2.45) is 0 Å². The molecule has 0 aromatic heterocycles. The second kappa shape index (κ2) is 10.4. The van der Waals surface area contributed by atoms with Crippen molar-refractivity contribution in [3.05, 3.63) is 59.7 Å². The number of carbonyl (C=O) groups is 3. The second-order valence-electron chi connectivity index (χ2n) is 8.58. The van der Waals surface area contributed by atoms with E-state index in [1.165, 1.54) is 0 Å². The molecule has 0 aliphatic heterocycles. The summed E-state index contributed by atoms with van der Waals surface area (Å²) in [7, 11) is 0. The van der Waals surface area contributed by atoms with Crippen LogP contribution in [0.1, 0.15) is 50.2 Å². The lowest BCUT2D eigenvalue weighted by Crippen LogP contribution is -2.66. The molecule has 0 fully saturated rings. The summed E-state index contributed by atoms with van der Waals surface area (Å²) in [5, 5.41) is 12.7. The van der Waals surface area contributed by atoms with Crippen LogP contribution in [0.15, 0.2) is 48.5 Å². The van der Waals surface area contributed by atoms with Crippen molar-refractivity contribution in [2.45, 2.75) is 56.8 Å². The van der Waals surface area contributed by atoms with Crippen LogP contribution in [0.25, 0.3) is 11.1 Å². The smallest absolute Gasteiger partial charge is 0.420 e. The molecule has 0 bridgehead atoms. The number of benzene rings is 2. The summed E-state index contributed by atoms with van der Waals surface area (Å²) in [4.78, 5) is 35.8. The quantitative estimate of drug-likeness (QED) is 0.474. The first kappa shape index (κ1) is 26.1. The van der Waals surface area contributed by atoms with Gasteiger partial charge in [0, 0.05) is 18.4 Å². The van der Waals surface area contributed by atoms with Crippen LogP contribution < -0.4 is 10.6 Å². The van der Waals surface area contributed by atoms with Crippen LogP contribution in [0.4, 0.5) is 18.0 Å². The topological polar surface area (TPSA) is 105 Å². The van der Waals surface area contributed by atoms with Gasteiger partial charge in [-0.1, -0.05) is 55.5 Å². The van der Waals surface area contributed by atoms with E-state index in [4.69, 9.17) is 9.84 Å². The number of halogens is 3. The highest BCUT2D eigenvalue weighted by Gasteiger charge is 2.58. The minimum absolute atomic E-state index is 0.0452. The third-order valence-corrected chi connectivity index (χ3v) is 6.25. The third-order valence-electron chi connectivity index (χ3n) is 6.25. The van der Waals surface area contributed by atoms with Gasteiger partial charge in [0.2, 0.25) is 5.54 Å². The summed E-state index contributed by atoms with van der Waals surface area (Å²) >= 11 is 0. The van der Waals surface area contributed by atoms with Gasteiger partial charge in [-0.2, -0.15) is 13.2 Å². The van der Waals surface area contributed by atoms with Crippen molar-refractivity contribution >= 4 is 18.0 Å². The molecule has 35 heavy (non-hydrogen) atoms. The Hall–Kier alpha value is -3.56. The van der Waals surface area contributed by atoms with E-state index in [0.29, 0.717) is 6.92 Å². The monoisotopic (exact) mass is 492 g/mol. The molecule has 2 aromatic carbocycles. The average Bonchev–Trinajstić information content (AvgIpc) is 3.13. The maximum Gasteiger partial charge on any atom is 0.420 e. The standard InChI is InChI=1S/C25H27F3N2O5/c1-3-15(12-13-21(31)32)29-22(33)24(2,25(26,27)28)30-23(34)35-14-20-18-10-6-4-8-16(18)17-9-5-7-11-19(17)20/h4-11,15,20H,3,12-14H2,1-2H3,(H,29,33)(H,30,34)(H,31,32). The number of rotatable bonds is 9. The van der Waals surface area contributed by atoms with Crippen LogP contribution in [0.3, 0.4) is 0 Å². The Labute approximate surface area is 200 Å². The van der Waals surface area contributed by atoms with Gasteiger partial charge >= 0.3 is 18.2 Å². The Kier molecular flexibility index (Phi) is 7.72. The number of hydrogen-bond acceptors (Lipinski definition) is 4. The van der Waals surface area contributed by atoms with Crippen LogP contribution in [-0.4, -0.2) is 47.4 Å². The number of carboxylic acid groups (broad SMARTS) is 1. The van der Waals surface area contributed by atoms with E-state index in [2.05, 4.69) is 5.32 Å². The van der Waals surface area contributed by atoms with E-state index in [1.807, 2.05) is 48.5 Å². The molecule has 10 heteroatoms. The van der Waals surface area contributed by atoms with Crippen molar-refractivity contribution in [3.63, 3.8) is 0 Å². The van der Waals surface area contributed by atoms with Crippen LogP contribution >= 0.6 is 0 Å². The van der Waals surface area contributed by atoms with E-state index >= 15 is 0 Å². The minimum Gasteiger partial charge on any atom is -0.481 e. The predicted octanol–water partition coefficient (Wildman–Crippen LogP) is 4.61. The van der Waals surface area contributed by atoms with Gasteiger partial charge in [-0.25, -0.2) is 4.79 Å². The maximum atomic E-state index is 13.9. The Morgan fingerprint density at radius 3 is 2.06 bits per heavy atom. The van der Waals surface area contributed by atoms with Gasteiger partial charge in [0.05, 0.1) is 0 Å². The molecule has 2 amide bonds. The minimum atomic E-state index is -5.13. The van der Waals surface area contributed by atoms with Gasteiger partial charge in [0.1, 0.15) is 6.61 Å². The van der Waals surface area contributed by atoms with Crippen molar-refractivity contribution in [2.75, 3.05) is 6.61 Å². The molecule has 0 spiro atoms. The molecule has 0 saturated carbocycles. The highest BCUT2D eigenvalue weighted by molar-refractivity contribution is 5.91. The van der Waals surface area contributed by atoms with E-state index in [0.717, 1.165) is 22.3 Å². The molecule has 0 heterocycles. The molecule has 7 nitrogen and oxygen atoms in total. The van der Waals surface area contributed by atoms with Gasteiger partial charge < -0.3 is 15.2 Å². The first-order valence-electron chi connectivity index (χ1n) is 11.2. The lowest BCUT2D eigenvalue weighted by atomic mass is 9.98. The highest BCUT2D eigenvalue weighted by Crippen LogP contribution is 2.44. The number of nitrogens with one attached hydrogen (secondary N) is 2. The molecule has 2 atom stereocenters. The van der Waals surface area contributed by atoms with Crippen molar-refractivity contribution < 1.29 is 37.4 Å². The number of hydrogen-bond donors (Lipinski definition) is 3. The summed E-state index contributed by atoms with van der Waals surface area (Å²) in [5.74, 6) is -2.98. The molecule has 0 saturated heterocycles. The van der Waals surface area contributed by atoms with Gasteiger partial charge in [-0.05, 0) is 42.0 Å². The number of alkyl halides is 3. The Morgan fingerprint density at radius 1 is 1.03 bits per heavy atom. The summed E-state index contributed by atoms with van der Waals surface area (Å²) in [6.45, 7) is 1.94. The van der Waals surface area contributed by atoms with Gasteiger partial charge in [0.25, 0.3) is 5.91 Å². The van der Waals surface area contributed by atoms with Gasteiger partial charge in [-0.3, -0.25) is 14.9 Å². The SMILES string of the molecule is CCC(CCC(=O)O)NC(=O)C(C)(NC(=O)OCC1c2ccccc2-c2ccccc21)C(F)(F)F. The van der Waals surface area contributed by atoms with E-state index in [9.17, 15) is 27.6 Å². The lowest BCUT2D eigenvalue weighted by Gasteiger charge is -2.32. The van der Waals surface area contributed by atoms with Gasteiger partial charge in [0.15, 0.2) is 0 Å². The number of aliphatic carboxylic acids is 1. The first-order chi connectivity index (χ1) is 16.5. The number of carbonyl (C=O) groups excluding carboxylic acids is 2. The van der Waals surface area contributed by atoms with Crippen LogP contribution in [0.2, 0.25) is 0 Å². The average molecular weight is 492 g/mol.